The lowest BCUT2D eigenvalue weighted by atomic mass is 10.1. The average molecular weight is 506 g/mol. The van der Waals surface area contributed by atoms with Crippen LogP contribution >= 0.6 is 23.2 Å². The summed E-state index contributed by atoms with van der Waals surface area (Å²) in [6.07, 6.45) is -3.87. The van der Waals surface area contributed by atoms with Gasteiger partial charge in [0.25, 0.3) is 0 Å². The maximum Gasteiger partial charge on any atom is 0.432 e. The van der Waals surface area contributed by atoms with Crippen LogP contribution in [0, 0.1) is 0 Å². The van der Waals surface area contributed by atoms with E-state index in [1.165, 1.54) is 12.5 Å². The smallest absolute Gasteiger partial charge is 0.393 e. The van der Waals surface area contributed by atoms with Crippen molar-refractivity contribution < 1.29 is 18.0 Å². The maximum atomic E-state index is 12.7. The minimum atomic E-state index is -4.74. The van der Waals surface area contributed by atoms with Crippen molar-refractivity contribution in [2.24, 2.45) is 10.7 Å². The monoisotopic (exact) mass is 505 g/mol. The van der Waals surface area contributed by atoms with Gasteiger partial charge in [0.1, 0.15) is 12.2 Å². The lowest BCUT2D eigenvalue weighted by Gasteiger charge is -2.38. The number of hydrogen-bond donors (Lipinski definition) is 1. The Labute approximate surface area is 201 Å². The van der Waals surface area contributed by atoms with Crippen LogP contribution in [0.25, 0.3) is 0 Å². The lowest BCUT2D eigenvalue weighted by Crippen LogP contribution is -2.50. The zero-order valence-corrected chi connectivity index (χ0v) is 19.9. The third-order valence-electron chi connectivity index (χ3n) is 6.07. The summed E-state index contributed by atoms with van der Waals surface area (Å²) >= 11 is 11.6. The molecule has 1 amide bonds. The molecule has 2 N–H and O–H groups in total. The van der Waals surface area contributed by atoms with Crippen LogP contribution in [0.1, 0.15) is 18.9 Å². The molecule has 2 fully saturated rings. The van der Waals surface area contributed by atoms with Crippen LogP contribution in [-0.4, -0.2) is 84.4 Å². The van der Waals surface area contributed by atoms with E-state index in [1.807, 2.05) is 24.3 Å². The van der Waals surface area contributed by atoms with Crippen molar-refractivity contribution in [3.8, 4) is 0 Å². The summed E-state index contributed by atoms with van der Waals surface area (Å²) in [4.78, 5) is 23.0. The number of carbonyl (C=O) groups excluding carboxylic acids is 1. The Kier molecular flexibility index (Phi) is 8.66. The second kappa shape index (κ2) is 11.1. The molecular formula is C22H28Cl2F3N5O. The summed E-state index contributed by atoms with van der Waals surface area (Å²) in [5.41, 5.74) is 4.73. The van der Waals surface area contributed by atoms with Gasteiger partial charge in [0.2, 0.25) is 5.91 Å². The number of piperazine rings is 1. The number of aliphatic imine (C=N–C) groups is 1. The van der Waals surface area contributed by atoms with Gasteiger partial charge in [0.05, 0.1) is 10.7 Å². The Morgan fingerprint density at radius 3 is 2.39 bits per heavy atom. The molecule has 182 valence electrons. The number of nitrogens with zero attached hydrogens (tertiary/aromatic N) is 4. The molecule has 6 nitrogen and oxygen atoms in total. The third-order valence-corrected chi connectivity index (χ3v) is 6.80. The van der Waals surface area contributed by atoms with Crippen LogP contribution in [0.5, 0.6) is 0 Å². The Hall–Kier alpha value is -1.81. The van der Waals surface area contributed by atoms with Crippen LogP contribution in [0.15, 0.2) is 40.0 Å². The first-order valence-electron chi connectivity index (χ1n) is 10.8. The topological polar surface area (TPSA) is 65.2 Å². The highest BCUT2D eigenvalue weighted by Gasteiger charge is 2.35. The summed E-state index contributed by atoms with van der Waals surface area (Å²) in [6, 6.07) is 8.16. The predicted molar refractivity (Wildman–Crippen MR) is 124 cm³/mol. The molecule has 0 radical (unpaired) electrons. The van der Waals surface area contributed by atoms with Crippen molar-refractivity contribution in [2.75, 3.05) is 45.8 Å². The van der Waals surface area contributed by atoms with Crippen molar-refractivity contribution in [1.82, 2.24) is 14.7 Å². The fourth-order valence-electron chi connectivity index (χ4n) is 4.08. The first-order valence-corrected chi connectivity index (χ1v) is 11.5. The molecule has 1 unspecified atom stereocenters. The normalized spacial score (nSPS) is 21.9. The molecular weight excluding hydrogens is 478 g/mol. The molecule has 0 spiro atoms. The van der Waals surface area contributed by atoms with E-state index in [2.05, 4.69) is 14.8 Å². The SMILES string of the molecule is CC(=NCC(=O)N1CCC(N2CCN(Cc3ccc(Cl)cc3)CC2)C1)C(Cl)=C(N)C(F)(F)F. The molecule has 0 saturated carbocycles. The van der Waals surface area contributed by atoms with Crippen molar-refractivity contribution in [1.29, 1.82) is 0 Å². The first kappa shape index (κ1) is 25.8. The van der Waals surface area contributed by atoms with Crippen LogP contribution < -0.4 is 5.73 Å². The molecule has 1 aromatic carbocycles. The molecule has 2 aliphatic heterocycles. The molecule has 11 heteroatoms. The van der Waals surface area contributed by atoms with E-state index in [1.54, 1.807) is 4.90 Å². The molecule has 1 aromatic rings. The van der Waals surface area contributed by atoms with Crippen LogP contribution in [0.4, 0.5) is 13.2 Å². The number of benzene rings is 1. The number of halogens is 5. The number of nitrogens with two attached hydrogens (primary N) is 1. The maximum absolute atomic E-state index is 12.7. The highest BCUT2D eigenvalue weighted by atomic mass is 35.5. The number of allylic oxidation sites excluding steroid dienone is 2. The quantitative estimate of drug-likeness (QED) is 0.601. The second-order valence-electron chi connectivity index (χ2n) is 8.35. The van der Waals surface area contributed by atoms with Gasteiger partial charge in [-0.15, -0.1) is 0 Å². The summed E-state index contributed by atoms with van der Waals surface area (Å²) in [5.74, 6) is -0.228. The largest absolute Gasteiger partial charge is 0.432 e. The molecule has 33 heavy (non-hydrogen) atoms. The van der Waals surface area contributed by atoms with Crippen molar-refractivity contribution in [3.63, 3.8) is 0 Å². The standard InChI is InChI=1S/C22H28Cl2F3N5O/c1-15(20(24)21(28)22(25,26)27)29-12-19(33)32-7-6-18(14-32)31-10-8-30(9-11-31)13-16-2-4-17(23)5-3-16/h2-5,18H,6-14,28H2,1H3. The van der Waals surface area contributed by atoms with Crippen LogP contribution in [0.3, 0.4) is 0 Å². The molecule has 3 rings (SSSR count). The second-order valence-corrected chi connectivity index (χ2v) is 9.16. The van der Waals surface area contributed by atoms with Gasteiger partial charge in [-0.2, -0.15) is 13.2 Å². The Morgan fingerprint density at radius 1 is 1.15 bits per heavy atom. The molecule has 2 aliphatic rings. The lowest BCUT2D eigenvalue weighted by molar-refractivity contribution is -0.128. The fraction of sp³-hybridized carbons (Fsp3) is 0.545. The van der Waals surface area contributed by atoms with E-state index in [9.17, 15) is 18.0 Å². The van der Waals surface area contributed by atoms with Gasteiger partial charge in [-0.25, -0.2) is 0 Å². The number of carbonyl (C=O) groups is 1. The van der Waals surface area contributed by atoms with E-state index in [0.29, 0.717) is 13.1 Å². The van der Waals surface area contributed by atoms with Gasteiger partial charge in [-0.05, 0) is 31.0 Å². The fourth-order valence-corrected chi connectivity index (χ4v) is 4.37. The zero-order valence-electron chi connectivity index (χ0n) is 18.4. The van der Waals surface area contributed by atoms with Crippen molar-refractivity contribution in [3.05, 3.63) is 45.6 Å². The molecule has 2 heterocycles. The Morgan fingerprint density at radius 2 is 1.79 bits per heavy atom. The molecule has 1 atom stereocenters. The van der Waals surface area contributed by atoms with Gasteiger partial charge < -0.3 is 10.6 Å². The summed E-state index contributed by atoms with van der Waals surface area (Å²) in [5, 5.41) is 0.0563. The molecule has 2 saturated heterocycles. The predicted octanol–water partition coefficient (Wildman–Crippen LogP) is 3.49. The highest BCUT2D eigenvalue weighted by Crippen LogP contribution is 2.26. The number of likely N-dealkylation sites (tertiary alicyclic amines) is 1. The van der Waals surface area contributed by atoms with Gasteiger partial charge in [-0.1, -0.05) is 35.3 Å². The number of amides is 1. The minimum Gasteiger partial charge on any atom is -0.393 e. The Balaban J connectivity index is 1.45. The summed E-state index contributed by atoms with van der Waals surface area (Å²) < 4.78 is 38.0. The average Bonchev–Trinajstić information content (AvgIpc) is 3.28. The first-order chi connectivity index (χ1) is 15.5. The Bertz CT molecular complexity index is 896. The van der Waals surface area contributed by atoms with E-state index < -0.39 is 16.9 Å². The van der Waals surface area contributed by atoms with Gasteiger partial charge >= 0.3 is 6.18 Å². The number of hydrogen-bond acceptors (Lipinski definition) is 5. The number of alkyl halides is 3. The minimum absolute atomic E-state index is 0.104. The summed E-state index contributed by atoms with van der Waals surface area (Å²) in [7, 11) is 0. The van der Waals surface area contributed by atoms with Crippen LogP contribution in [-0.2, 0) is 11.3 Å². The van der Waals surface area contributed by atoms with Crippen molar-refractivity contribution in [2.45, 2.75) is 32.1 Å². The van der Waals surface area contributed by atoms with Gasteiger partial charge in [0.15, 0.2) is 0 Å². The molecule has 0 aliphatic carbocycles. The van der Waals surface area contributed by atoms with E-state index in [4.69, 9.17) is 28.9 Å². The summed E-state index contributed by atoms with van der Waals surface area (Å²) in [6.45, 7) is 6.89. The zero-order chi connectivity index (χ0) is 24.2. The van der Waals surface area contributed by atoms with Crippen molar-refractivity contribution >= 4 is 34.8 Å². The van der Waals surface area contributed by atoms with Gasteiger partial charge in [0, 0.05) is 56.9 Å². The van der Waals surface area contributed by atoms with E-state index in [0.717, 1.165) is 44.2 Å². The third kappa shape index (κ3) is 7.09. The molecule has 0 bridgehead atoms. The van der Waals surface area contributed by atoms with Gasteiger partial charge in [-0.3, -0.25) is 19.6 Å². The highest BCUT2D eigenvalue weighted by molar-refractivity contribution is 6.43. The van der Waals surface area contributed by atoms with E-state index >= 15 is 0 Å². The van der Waals surface area contributed by atoms with Crippen LogP contribution in [0.2, 0.25) is 5.02 Å². The molecule has 0 aromatic heterocycles. The number of rotatable bonds is 6. The van der Waals surface area contributed by atoms with E-state index in [-0.39, 0.29) is 24.2 Å².